The maximum atomic E-state index is 11.8. The van der Waals surface area contributed by atoms with E-state index in [0.717, 1.165) is 5.57 Å². The summed E-state index contributed by atoms with van der Waals surface area (Å²) >= 11 is 1.63. The average Bonchev–Trinajstić information content (AvgIpc) is 2.91. The van der Waals surface area contributed by atoms with E-state index in [2.05, 4.69) is 21.0 Å². The molecule has 6 nitrogen and oxygen atoms in total. The van der Waals surface area contributed by atoms with E-state index in [-0.39, 0.29) is 17.9 Å². The third-order valence-corrected chi connectivity index (χ3v) is 3.85. The van der Waals surface area contributed by atoms with Crippen LogP contribution in [-0.2, 0) is 11.2 Å². The zero-order valence-corrected chi connectivity index (χ0v) is 10.3. The number of hydrogen-bond donors (Lipinski definition) is 4. The fraction of sp³-hybridized carbons (Fsp3) is 0.273. The Labute approximate surface area is 108 Å². The Balaban J connectivity index is 1.91. The summed E-state index contributed by atoms with van der Waals surface area (Å²) in [5.41, 5.74) is 13.6. The molecule has 2 aliphatic heterocycles. The molecule has 94 valence electrons. The molecule has 1 aromatic heterocycles. The molecule has 3 rings (SSSR count). The van der Waals surface area contributed by atoms with Crippen molar-refractivity contribution in [1.82, 2.24) is 10.6 Å². The molecule has 2 aliphatic rings. The third-order valence-electron chi connectivity index (χ3n) is 3.12. The van der Waals surface area contributed by atoms with Crippen LogP contribution >= 0.6 is 11.3 Å². The van der Waals surface area contributed by atoms with Crippen LogP contribution in [0.4, 0.5) is 0 Å². The zero-order chi connectivity index (χ0) is 12.7. The quantitative estimate of drug-likeness (QED) is 0.563. The number of carbonyl (C=O) groups excluding carboxylic acids is 1. The number of nitrogens with one attached hydrogen (secondary N) is 2. The average molecular weight is 263 g/mol. The molecule has 0 saturated heterocycles. The summed E-state index contributed by atoms with van der Waals surface area (Å²) in [6, 6.07) is 1.30. The van der Waals surface area contributed by atoms with Gasteiger partial charge in [-0.05, 0) is 22.4 Å². The number of thiophene rings is 1. The van der Waals surface area contributed by atoms with Crippen molar-refractivity contribution in [2.45, 2.75) is 18.5 Å². The molecule has 2 atom stereocenters. The van der Waals surface area contributed by atoms with E-state index in [4.69, 9.17) is 11.5 Å². The van der Waals surface area contributed by atoms with Crippen molar-refractivity contribution in [3.8, 4) is 0 Å². The number of amides is 1. The minimum atomic E-state index is -0.439. The van der Waals surface area contributed by atoms with Crippen molar-refractivity contribution in [2.24, 2.45) is 16.5 Å². The van der Waals surface area contributed by atoms with Gasteiger partial charge in [-0.2, -0.15) is 11.3 Å². The van der Waals surface area contributed by atoms with Crippen molar-refractivity contribution in [2.75, 3.05) is 0 Å². The second-order valence-electron chi connectivity index (χ2n) is 4.32. The van der Waals surface area contributed by atoms with Gasteiger partial charge in [-0.1, -0.05) is 0 Å². The summed E-state index contributed by atoms with van der Waals surface area (Å²) in [6.45, 7) is 0. The number of nitrogens with two attached hydrogens (primary N) is 2. The van der Waals surface area contributed by atoms with Crippen molar-refractivity contribution < 1.29 is 4.79 Å². The minimum absolute atomic E-state index is 0.153. The van der Waals surface area contributed by atoms with Crippen molar-refractivity contribution in [3.63, 3.8) is 0 Å². The molecule has 18 heavy (non-hydrogen) atoms. The number of aliphatic imine (C=N–C) groups is 1. The normalized spacial score (nSPS) is 26.4. The van der Waals surface area contributed by atoms with E-state index < -0.39 is 6.04 Å². The molecule has 0 aliphatic carbocycles. The Morgan fingerprint density at radius 3 is 3.00 bits per heavy atom. The van der Waals surface area contributed by atoms with E-state index in [1.165, 1.54) is 5.56 Å². The second-order valence-corrected chi connectivity index (χ2v) is 5.10. The summed E-state index contributed by atoms with van der Waals surface area (Å²) in [5, 5.41) is 9.54. The van der Waals surface area contributed by atoms with Crippen LogP contribution in [0.25, 0.3) is 0 Å². The molecule has 2 unspecified atom stereocenters. The Bertz CT molecular complexity index is 548. The molecule has 0 radical (unpaired) electrons. The molecular formula is C11H13N5OS. The summed E-state index contributed by atoms with van der Waals surface area (Å²) in [7, 11) is 0. The first kappa shape index (κ1) is 11.1. The van der Waals surface area contributed by atoms with Gasteiger partial charge in [-0.15, -0.1) is 0 Å². The van der Waals surface area contributed by atoms with E-state index in [1.807, 2.05) is 11.4 Å². The van der Waals surface area contributed by atoms with E-state index in [1.54, 1.807) is 11.3 Å². The summed E-state index contributed by atoms with van der Waals surface area (Å²) in [5.74, 6) is 0.501. The van der Waals surface area contributed by atoms with Crippen LogP contribution in [0.15, 0.2) is 33.2 Å². The van der Waals surface area contributed by atoms with Crippen molar-refractivity contribution in [1.29, 1.82) is 0 Å². The van der Waals surface area contributed by atoms with E-state index >= 15 is 0 Å². The lowest BCUT2D eigenvalue weighted by Gasteiger charge is -2.23. The maximum Gasteiger partial charge on any atom is 0.251 e. The van der Waals surface area contributed by atoms with Gasteiger partial charge in [0, 0.05) is 12.0 Å². The highest BCUT2D eigenvalue weighted by Gasteiger charge is 2.40. The van der Waals surface area contributed by atoms with Crippen LogP contribution in [0.5, 0.6) is 0 Å². The monoisotopic (exact) mass is 263 g/mol. The van der Waals surface area contributed by atoms with Gasteiger partial charge in [0.1, 0.15) is 12.1 Å². The van der Waals surface area contributed by atoms with Gasteiger partial charge in [0.15, 0.2) is 5.96 Å². The highest BCUT2D eigenvalue weighted by molar-refractivity contribution is 7.07. The van der Waals surface area contributed by atoms with Gasteiger partial charge < -0.3 is 16.8 Å². The molecule has 7 heteroatoms. The number of nitrogens with zero attached hydrogens (tertiary/aromatic N) is 1. The summed E-state index contributed by atoms with van der Waals surface area (Å²) in [4.78, 5) is 16.0. The highest BCUT2D eigenvalue weighted by atomic mass is 32.1. The molecule has 0 aromatic carbocycles. The molecule has 6 N–H and O–H groups in total. The van der Waals surface area contributed by atoms with Crippen molar-refractivity contribution >= 4 is 23.2 Å². The molecule has 1 amide bonds. The third kappa shape index (κ3) is 1.72. The topological polar surface area (TPSA) is 106 Å². The van der Waals surface area contributed by atoms with E-state index in [9.17, 15) is 4.79 Å². The fourth-order valence-electron chi connectivity index (χ4n) is 2.26. The smallest absolute Gasteiger partial charge is 0.251 e. The van der Waals surface area contributed by atoms with Crippen LogP contribution in [0.2, 0.25) is 0 Å². The standard InChI is InChI=1S/C11H13N5OS/c12-9-6(3-5-1-2-18-4-5)7-8(14-9)10(17)16-11(13)15-7/h1-2,4,7-8,14H,3,12H2,(H3,13,15,16,17). The largest absolute Gasteiger partial charge is 0.385 e. The number of fused-ring (bicyclic) bond motifs is 1. The molecule has 0 fully saturated rings. The SMILES string of the molecule is NC1=NC2C(Cc3ccsc3)=C(N)NC2C(=O)N1. The summed E-state index contributed by atoms with van der Waals surface area (Å²) in [6.07, 6.45) is 0.688. The van der Waals surface area contributed by atoms with E-state index in [0.29, 0.717) is 12.2 Å². The summed E-state index contributed by atoms with van der Waals surface area (Å²) < 4.78 is 0. The van der Waals surface area contributed by atoms with Gasteiger partial charge in [0.25, 0.3) is 5.91 Å². The van der Waals surface area contributed by atoms with Crippen LogP contribution in [0, 0.1) is 0 Å². The molecule has 0 saturated carbocycles. The van der Waals surface area contributed by atoms with Gasteiger partial charge in [-0.3, -0.25) is 10.1 Å². The number of hydrogen-bond acceptors (Lipinski definition) is 6. The Morgan fingerprint density at radius 1 is 1.44 bits per heavy atom. The van der Waals surface area contributed by atoms with Crippen LogP contribution < -0.4 is 22.1 Å². The molecule has 3 heterocycles. The van der Waals surface area contributed by atoms with Gasteiger partial charge in [0.2, 0.25) is 0 Å². The van der Waals surface area contributed by atoms with Gasteiger partial charge >= 0.3 is 0 Å². The number of guanidine groups is 1. The first-order chi connectivity index (χ1) is 8.65. The van der Waals surface area contributed by atoms with Gasteiger partial charge in [-0.25, -0.2) is 4.99 Å². The molecule has 0 bridgehead atoms. The van der Waals surface area contributed by atoms with Crippen LogP contribution in [-0.4, -0.2) is 24.0 Å². The first-order valence-electron chi connectivity index (χ1n) is 5.55. The lowest BCUT2D eigenvalue weighted by molar-refractivity contribution is -0.122. The minimum Gasteiger partial charge on any atom is -0.385 e. The fourth-order valence-corrected chi connectivity index (χ4v) is 2.93. The highest BCUT2D eigenvalue weighted by Crippen LogP contribution is 2.26. The number of rotatable bonds is 2. The van der Waals surface area contributed by atoms with Crippen LogP contribution in [0.1, 0.15) is 5.56 Å². The Morgan fingerprint density at radius 2 is 2.28 bits per heavy atom. The lowest BCUT2D eigenvalue weighted by atomic mass is 9.97. The van der Waals surface area contributed by atoms with Gasteiger partial charge in [0.05, 0.1) is 5.82 Å². The first-order valence-corrected chi connectivity index (χ1v) is 6.49. The zero-order valence-electron chi connectivity index (χ0n) is 9.51. The van der Waals surface area contributed by atoms with Crippen molar-refractivity contribution in [3.05, 3.63) is 33.8 Å². The predicted molar refractivity (Wildman–Crippen MR) is 69.7 cm³/mol. The molecular weight excluding hydrogens is 250 g/mol. The van der Waals surface area contributed by atoms with Crippen LogP contribution in [0.3, 0.4) is 0 Å². The number of carbonyl (C=O) groups is 1. The Kier molecular flexibility index (Phi) is 2.48. The molecule has 0 spiro atoms. The predicted octanol–water partition coefficient (Wildman–Crippen LogP) is -0.754. The maximum absolute atomic E-state index is 11.8. The molecule has 1 aromatic rings. The Hall–Kier alpha value is -2.02. The lowest BCUT2D eigenvalue weighted by Crippen LogP contribution is -2.55. The second kappa shape index (κ2) is 4.02.